The molecule has 0 saturated heterocycles. The molecule has 2 rings (SSSR count). The number of aliphatic hydroxyl groups excluding tert-OH is 1. The molecule has 2 aromatic heterocycles. The number of nitrogens with zero attached hydrogens (tertiary/aromatic N) is 1. The molecule has 0 aliphatic heterocycles. The summed E-state index contributed by atoms with van der Waals surface area (Å²) in [4.78, 5) is 7.42. The van der Waals surface area contributed by atoms with Gasteiger partial charge in [0.2, 0.25) is 5.69 Å². The van der Waals surface area contributed by atoms with Gasteiger partial charge in [-0.3, -0.25) is 4.98 Å². The van der Waals surface area contributed by atoms with E-state index in [4.69, 9.17) is 25.4 Å². The Labute approximate surface area is 252 Å². The molecule has 0 radical (unpaired) electrons. The van der Waals surface area contributed by atoms with Crippen LogP contribution in [0.4, 0.5) is 0 Å². The Bertz CT molecular complexity index is 1090. The van der Waals surface area contributed by atoms with Gasteiger partial charge in [-0.1, -0.05) is 49.0 Å². The highest BCUT2D eigenvalue weighted by Gasteiger charge is 2.40. The molecule has 8 nitrogen and oxygen atoms in total. The van der Waals surface area contributed by atoms with E-state index in [9.17, 15) is 5.11 Å². The second-order valence-corrected chi connectivity index (χ2v) is 22.5. The highest BCUT2D eigenvalue weighted by atomic mass is 35.5. The summed E-state index contributed by atoms with van der Waals surface area (Å²) in [5.74, 6) is 1.01. The predicted molar refractivity (Wildman–Crippen MR) is 167 cm³/mol. The second-order valence-electron chi connectivity index (χ2n) is 12.9. The number of aliphatic hydroxyl groups is 1. The zero-order valence-electron chi connectivity index (χ0n) is 26.2. The maximum Gasteiger partial charge on any atom is 0.250 e. The molecule has 0 unspecified atom stereocenters. The summed E-state index contributed by atoms with van der Waals surface area (Å²) in [6.45, 7) is 27.4. The fourth-order valence-corrected chi connectivity index (χ4v) is 5.18. The average molecular weight is 617 g/mol. The first-order chi connectivity index (χ1) is 17.2. The molecular weight excluding hydrogens is 560 g/mol. The van der Waals surface area contributed by atoms with Crippen molar-refractivity contribution >= 4 is 16.6 Å². The van der Waals surface area contributed by atoms with E-state index < -0.39 is 16.6 Å². The van der Waals surface area contributed by atoms with Crippen LogP contribution >= 0.6 is 0 Å². The van der Waals surface area contributed by atoms with Crippen LogP contribution in [0.3, 0.4) is 0 Å². The number of halogens is 1. The fourth-order valence-electron chi connectivity index (χ4n) is 3.14. The minimum absolute atomic E-state index is 0. The van der Waals surface area contributed by atoms with Gasteiger partial charge in [-0.25, -0.2) is 4.98 Å². The van der Waals surface area contributed by atoms with Gasteiger partial charge in [0.1, 0.15) is 5.75 Å². The monoisotopic (exact) mass is 616 g/mol. The van der Waals surface area contributed by atoms with Crippen LogP contribution < -0.4 is 33.3 Å². The fraction of sp³-hybridized carbons (Fsp3) is 0.655. The summed E-state index contributed by atoms with van der Waals surface area (Å²) >= 11 is 0. The maximum absolute atomic E-state index is 9.49. The Balaban J connectivity index is 0. The molecule has 11 heteroatoms. The van der Waals surface area contributed by atoms with Gasteiger partial charge in [0.15, 0.2) is 20.3 Å². The number of aromatic hydroxyl groups is 1. The standard InChI is InChI=1S/C20H40N2O2Si2.C8H12N2O2.CH4.ClH/c1-15-18(24-26(10,11)20(5,6)7)17(12-21)16(13-22-15)14-23-25(8,9)19(2,3)4;1-5-8(12)7(2-9)6(4-11)3-10-5;;/h13H,12,14,21H2,1-11H3;3,11-12H,2,4,9H2,1H3;1H4;1H. The van der Waals surface area contributed by atoms with Crippen molar-refractivity contribution < 1.29 is 36.5 Å². The van der Waals surface area contributed by atoms with Crippen LogP contribution in [0.1, 0.15) is 82.6 Å². The summed E-state index contributed by atoms with van der Waals surface area (Å²) < 4.78 is 13.0. The summed E-state index contributed by atoms with van der Waals surface area (Å²) in [5.41, 5.74) is 16.5. The Morgan fingerprint density at radius 3 is 1.82 bits per heavy atom. The maximum atomic E-state index is 9.49. The Hall–Kier alpha value is -1.54. The molecule has 7 N–H and O–H groups in total. The van der Waals surface area contributed by atoms with Crippen LogP contribution in [0.5, 0.6) is 11.5 Å². The molecule has 0 aliphatic carbocycles. The van der Waals surface area contributed by atoms with Gasteiger partial charge in [0.05, 0.1) is 18.9 Å². The first-order valence-corrected chi connectivity index (χ1v) is 19.1. The van der Waals surface area contributed by atoms with Crippen molar-refractivity contribution in [3.05, 3.63) is 46.0 Å². The molecular formula is C29H57ClN4O4Si2. The summed E-state index contributed by atoms with van der Waals surface area (Å²) in [6, 6.07) is 0. The number of hydrogen-bond acceptors (Lipinski definition) is 7. The van der Waals surface area contributed by atoms with E-state index in [1.165, 1.54) is 0 Å². The van der Waals surface area contributed by atoms with Crippen molar-refractivity contribution in [2.24, 2.45) is 11.5 Å². The number of rotatable bonds is 8. The number of pyridine rings is 2. The zero-order chi connectivity index (χ0) is 29.7. The van der Waals surface area contributed by atoms with Crippen molar-refractivity contribution in [1.82, 2.24) is 4.98 Å². The zero-order valence-corrected chi connectivity index (χ0v) is 28.9. The molecule has 0 aliphatic rings. The average Bonchev–Trinajstić information content (AvgIpc) is 2.79. The molecule has 0 spiro atoms. The number of aromatic amines is 1. The Morgan fingerprint density at radius 1 is 0.900 bits per heavy atom. The molecule has 0 atom stereocenters. The number of nitrogens with two attached hydrogens (primary N) is 2. The number of nitrogens with one attached hydrogen (secondary N) is 1. The summed E-state index contributed by atoms with van der Waals surface area (Å²) in [7, 11) is -3.80. The SMILES string of the molecule is C.Cc1[nH+]cc(CO)c(CN)c1O.Cc1ncc(CO[Si](C)(C)C(C)(C)C)c(CN)c1O[Si](C)(C)C(C)(C)C.[Cl-]. The Morgan fingerprint density at radius 2 is 1.40 bits per heavy atom. The van der Waals surface area contributed by atoms with Crippen molar-refractivity contribution in [3.63, 3.8) is 0 Å². The van der Waals surface area contributed by atoms with Crippen molar-refractivity contribution in [1.29, 1.82) is 0 Å². The van der Waals surface area contributed by atoms with Gasteiger partial charge in [-0.2, -0.15) is 0 Å². The quantitative estimate of drug-likeness (QED) is 0.335. The number of H-pyrrole nitrogens is 1. The second kappa shape index (κ2) is 15.6. The minimum Gasteiger partial charge on any atom is -1.00 e. The first kappa shape index (κ1) is 40.6. The van der Waals surface area contributed by atoms with E-state index in [0.717, 1.165) is 22.6 Å². The third kappa shape index (κ3) is 10.1. The van der Waals surface area contributed by atoms with Gasteiger partial charge >= 0.3 is 0 Å². The van der Waals surface area contributed by atoms with Gasteiger partial charge < -0.3 is 42.9 Å². The predicted octanol–water partition coefficient (Wildman–Crippen LogP) is 2.86. The third-order valence-corrected chi connectivity index (χ3v) is 16.8. The molecule has 0 saturated carbocycles. The molecule has 0 amide bonds. The lowest BCUT2D eigenvalue weighted by molar-refractivity contribution is -0.389. The number of aromatic nitrogens is 2. The van der Waals surface area contributed by atoms with E-state index in [2.05, 4.69) is 77.7 Å². The number of aryl methyl sites for hydroxylation is 2. The highest BCUT2D eigenvalue weighted by molar-refractivity contribution is 6.75. The molecule has 0 fully saturated rings. The van der Waals surface area contributed by atoms with Crippen LogP contribution in [0, 0.1) is 13.8 Å². The van der Waals surface area contributed by atoms with E-state index in [1.54, 1.807) is 13.1 Å². The topological polar surface area (TPSA) is 138 Å². The van der Waals surface area contributed by atoms with Gasteiger partial charge in [-0.05, 0) is 43.2 Å². The molecule has 40 heavy (non-hydrogen) atoms. The smallest absolute Gasteiger partial charge is 0.250 e. The lowest BCUT2D eigenvalue weighted by Crippen LogP contribution is -3.00. The van der Waals surface area contributed by atoms with Crippen LogP contribution in [0.25, 0.3) is 0 Å². The minimum atomic E-state index is -1.96. The van der Waals surface area contributed by atoms with Crippen LogP contribution in [0.15, 0.2) is 12.4 Å². The van der Waals surface area contributed by atoms with Crippen molar-refractivity contribution in [2.75, 3.05) is 0 Å². The van der Waals surface area contributed by atoms with Gasteiger partial charge in [-0.15, -0.1) is 0 Å². The van der Waals surface area contributed by atoms with Gasteiger partial charge in [0.25, 0.3) is 8.32 Å². The third-order valence-electron chi connectivity index (χ3n) is 8.03. The molecule has 0 bridgehead atoms. The largest absolute Gasteiger partial charge is 1.00 e. The summed E-state index contributed by atoms with van der Waals surface area (Å²) in [5, 5.41) is 18.7. The van der Waals surface area contributed by atoms with Crippen molar-refractivity contribution in [3.8, 4) is 11.5 Å². The normalized spacial score (nSPS) is 12.1. The van der Waals surface area contributed by atoms with E-state index in [1.807, 2.05) is 13.1 Å². The van der Waals surface area contributed by atoms with E-state index >= 15 is 0 Å². The van der Waals surface area contributed by atoms with E-state index in [-0.39, 0.29) is 48.8 Å². The van der Waals surface area contributed by atoms with Crippen LogP contribution in [-0.4, -0.2) is 31.8 Å². The summed E-state index contributed by atoms with van der Waals surface area (Å²) in [6.07, 6.45) is 3.56. The van der Waals surface area contributed by atoms with E-state index in [0.29, 0.717) is 30.0 Å². The van der Waals surface area contributed by atoms with Crippen molar-refractivity contribution in [2.45, 2.75) is 125 Å². The molecule has 232 valence electrons. The first-order valence-electron chi connectivity index (χ1n) is 13.3. The molecule has 0 aromatic carbocycles. The Kier molecular flexibility index (Phi) is 15.9. The lowest BCUT2D eigenvalue weighted by Gasteiger charge is -2.38. The molecule has 2 heterocycles. The van der Waals surface area contributed by atoms with Crippen LogP contribution in [0.2, 0.25) is 36.3 Å². The molecule has 2 aromatic rings. The number of hydrogen-bond donors (Lipinski definition) is 4. The van der Waals surface area contributed by atoms with Gasteiger partial charge in [0, 0.05) is 48.5 Å². The van der Waals surface area contributed by atoms with Crippen LogP contribution in [-0.2, 0) is 30.7 Å². The highest BCUT2D eigenvalue weighted by Crippen LogP contribution is 2.40. The lowest BCUT2D eigenvalue weighted by atomic mass is 10.1.